The predicted molar refractivity (Wildman–Crippen MR) is 137 cm³/mol. The Kier molecular flexibility index (Phi) is 6.32. The molecule has 0 fully saturated rings. The highest BCUT2D eigenvalue weighted by molar-refractivity contribution is 5.67. The average Bonchev–Trinajstić information content (AvgIpc) is 3.37. The van der Waals surface area contributed by atoms with Gasteiger partial charge in [-0.15, -0.1) is 0 Å². The average molecular weight is 466 g/mol. The van der Waals surface area contributed by atoms with Crippen molar-refractivity contribution < 1.29 is 0 Å². The first-order valence-corrected chi connectivity index (χ1v) is 11.5. The van der Waals surface area contributed by atoms with Crippen molar-refractivity contribution in [3.05, 3.63) is 90.4 Å². The summed E-state index contributed by atoms with van der Waals surface area (Å²) in [4.78, 5) is 20.3. The number of fused-ring (bicyclic) bond motifs is 1. The van der Waals surface area contributed by atoms with Crippen molar-refractivity contribution >= 4 is 23.4 Å². The molecule has 9 nitrogen and oxygen atoms in total. The van der Waals surface area contributed by atoms with Crippen LogP contribution in [0.3, 0.4) is 0 Å². The summed E-state index contributed by atoms with van der Waals surface area (Å²) < 4.78 is 1.70. The molecule has 3 N–H and O–H groups in total. The standard InChI is InChI=1S/C26H27N9/c1-18(13-19-7-6-8-20(14-19)16-27)31-25-28-12-11-23(33-25)34(2)26-32-22(21-9-4-3-5-10-21)15-24-29-17-30-35(24)26/h3-12,14-15,17-18H,13,16,27H2,1-2H3,(H,28,31,33). The van der Waals surface area contributed by atoms with Gasteiger partial charge in [0.1, 0.15) is 12.1 Å². The van der Waals surface area contributed by atoms with Crippen molar-refractivity contribution in [1.82, 2.24) is 29.5 Å². The SMILES string of the molecule is CC(Cc1cccc(CN)c1)Nc1nccc(N(C)c2nc(-c3ccccc3)cc3ncnn23)n1. The number of anilines is 3. The number of nitrogens with zero attached hydrogens (tertiary/aromatic N) is 7. The van der Waals surface area contributed by atoms with Gasteiger partial charge in [-0.25, -0.2) is 15.0 Å². The molecule has 1 unspecified atom stereocenters. The summed E-state index contributed by atoms with van der Waals surface area (Å²) in [5, 5.41) is 7.77. The van der Waals surface area contributed by atoms with E-state index in [0.29, 0.717) is 29.9 Å². The van der Waals surface area contributed by atoms with Gasteiger partial charge in [0.2, 0.25) is 11.9 Å². The lowest BCUT2D eigenvalue weighted by Crippen LogP contribution is -2.22. The maximum Gasteiger partial charge on any atom is 0.234 e. The highest BCUT2D eigenvalue weighted by atomic mass is 15.4. The van der Waals surface area contributed by atoms with Crippen LogP contribution in [-0.4, -0.2) is 42.6 Å². The Morgan fingerprint density at radius 2 is 1.80 bits per heavy atom. The molecule has 0 bridgehead atoms. The Morgan fingerprint density at radius 1 is 0.971 bits per heavy atom. The van der Waals surface area contributed by atoms with Crippen molar-refractivity contribution in [3.63, 3.8) is 0 Å². The predicted octanol–water partition coefficient (Wildman–Crippen LogP) is 3.85. The number of benzene rings is 2. The second kappa shape index (κ2) is 9.86. The van der Waals surface area contributed by atoms with Gasteiger partial charge in [0.05, 0.1) is 5.69 Å². The van der Waals surface area contributed by atoms with E-state index in [-0.39, 0.29) is 6.04 Å². The van der Waals surface area contributed by atoms with Crippen LogP contribution in [0.25, 0.3) is 16.9 Å². The van der Waals surface area contributed by atoms with E-state index in [4.69, 9.17) is 15.7 Å². The molecule has 3 aromatic heterocycles. The van der Waals surface area contributed by atoms with Gasteiger partial charge in [0.25, 0.3) is 0 Å². The van der Waals surface area contributed by atoms with Gasteiger partial charge < -0.3 is 11.1 Å². The fourth-order valence-corrected chi connectivity index (χ4v) is 4.00. The third-order valence-corrected chi connectivity index (χ3v) is 5.75. The Morgan fingerprint density at radius 3 is 2.63 bits per heavy atom. The summed E-state index contributed by atoms with van der Waals surface area (Å²) in [6, 6.07) is 22.2. The molecular formula is C26H27N9. The van der Waals surface area contributed by atoms with Gasteiger partial charge in [-0.2, -0.15) is 14.6 Å². The fraction of sp³-hybridized carbons (Fsp3) is 0.192. The Balaban J connectivity index is 1.40. The molecule has 0 aliphatic rings. The molecular weight excluding hydrogens is 438 g/mol. The maximum absolute atomic E-state index is 5.78. The molecule has 0 spiro atoms. The first kappa shape index (κ1) is 22.4. The maximum atomic E-state index is 5.78. The molecule has 5 rings (SSSR count). The summed E-state index contributed by atoms with van der Waals surface area (Å²) in [6.07, 6.45) is 4.09. The lowest BCUT2D eigenvalue weighted by molar-refractivity contribution is 0.774. The lowest BCUT2D eigenvalue weighted by atomic mass is 10.0. The summed E-state index contributed by atoms with van der Waals surface area (Å²) >= 11 is 0. The van der Waals surface area contributed by atoms with E-state index < -0.39 is 0 Å². The second-order valence-corrected chi connectivity index (χ2v) is 8.41. The zero-order valence-electron chi connectivity index (χ0n) is 19.7. The molecule has 0 saturated carbocycles. The van der Waals surface area contributed by atoms with E-state index in [1.165, 1.54) is 11.9 Å². The normalized spacial score (nSPS) is 12.0. The topological polar surface area (TPSA) is 110 Å². The third kappa shape index (κ3) is 4.95. The van der Waals surface area contributed by atoms with Gasteiger partial charge in [0, 0.05) is 37.5 Å². The Labute approximate surface area is 203 Å². The van der Waals surface area contributed by atoms with E-state index in [1.54, 1.807) is 10.7 Å². The van der Waals surface area contributed by atoms with Crippen LogP contribution in [-0.2, 0) is 13.0 Å². The largest absolute Gasteiger partial charge is 0.351 e. The van der Waals surface area contributed by atoms with Gasteiger partial charge in [-0.1, -0.05) is 54.6 Å². The molecule has 0 saturated heterocycles. The number of aromatic nitrogens is 6. The van der Waals surface area contributed by atoms with Crippen LogP contribution in [0.2, 0.25) is 0 Å². The van der Waals surface area contributed by atoms with E-state index in [1.807, 2.05) is 66.5 Å². The van der Waals surface area contributed by atoms with Crippen LogP contribution in [0, 0.1) is 0 Å². The van der Waals surface area contributed by atoms with Crippen molar-refractivity contribution in [2.24, 2.45) is 5.73 Å². The van der Waals surface area contributed by atoms with Crippen LogP contribution >= 0.6 is 0 Å². The van der Waals surface area contributed by atoms with Crippen LogP contribution in [0.4, 0.5) is 17.7 Å². The number of nitrogens with one attached hydrogen (secondary N) is 1. The van der Waals surface area contributed by atoms with Crippen LogP contribution in [0.1, 0.15) is 18.1 Å². The summed E-state index contributed by atoms with van der Waals surface area (Å²) in [7, 11) is 1.91. The van der Waals surface area contributed by atoms with Crippen molar-refractivity contribution in [2.75, 3.05) is 17.3 Å². The highest BCUT2D eigenvalue weighted by Crippen LogP contribution is 2.25. The summed E-state index contributed by atoms with van der Waals surface area (Å²) in [6.45, 7) is 2.64. The van der Waals surface area contributed by atoms with Gasteiger partial charge in [-0.05, 0) is 30.5 Å². The van der Waals surface area contributed by atoms with E-state index in [2.05, 4.69) is 39.4 Å². The molecule has 0 aliphatic heterocycles. The number of rotatable bonds is 8. The van der Waals surface area contributed by atoms with Gasteiger partial charge in [-0.3, -0.25) is 4.90 Å². The molecule has 176 valence electrons. The minimum Gasteiger partial charge on any atom is -0.351 e. The molecule has 3 heterocycles. The fourth-order valence-electron chi connectivity index (χ4n) is 4.00. The first-order chi connectivity index (χ1) is 17.1. The minimum atomic E-state index is 0.130. The summed E-state index contributed by atoms with van der Waals surface area (Å²) in [5.74, 6) is 1.84. The zero-order valence-corrected chi connectivity index (χ0v) is 19.7. The Hall–Kier alpha value is -4.37. The van der Waals surface area contributed by atoms with Crippen molar-refractivity contribution in [3.8, 4) is 11.3 Å². The molecule has 35 heavy (non-hydrogen) atoms. The first-order valence-electron chi connectivity index (χ1n) is 11.5. The minimum absolute atomic E-state index is 0.130. The van der Waals surface area contributed by atoms with Crippen LogP contribution in [0.15, 0.2) is 79.3 Å². The monoisotopic (exact) mass is 465 g/mol. The molecule has 0 amide bonds. The van der Waals surface area contributed by atoms with Crippen LogP contribution < -0.4 is 16.0 Å². The molecule has 9 heteroatoms. The number of nitrogens with two attached hydrogens (primary N) is 1. The molecule has 0 aliphatic carbocycles. The van der Waals surface area contributed by atoms with Gasteiger partial charge >= 0.3 is 0 Å². The van der Waals surface area contributed by atoms with Crippen LogP contribution in [0.5, 0.6) is 0 Å². The smallest absolute Gasteiger partial charge is 0.234 e. The molecule has 0 radical (unpaired) electrons. The molecule has 1 atom stereocenters. The summed E-state index contributed by atoms with van der Waals surface area (Å²) in [5.41, 5.74) is 10.7. The second-order valence-electron chi connectivity index (χ2n) is 8.41. The van der Waals surface area contributed by atoms with E-state index in [0.717, 1.165) is 23.2 Å². The third-order valence-electron chi connectivity index (χ3n) is 5.75. The highest BCUT2D eigenvalue weighted by Gasteiger charge is 2.16. The zero-order chi connectivity index (χ0) is 24.2. The quantitative estimate of drug-likeness (QED) is 0.356. The van der Waals surface area contributed by atoms with E-state index in [9.17, 15) is 0 Å². The number of hydrogen-bond donors (Lipinski definition) is 2. The van der Waals surface area contributed by atoms with Crippen molar-refractivity contribution in [1.29, 1.82) is 0 Å². The van der Waals surface area contributed by atoms with Gasteiger partial charge in [0.15, 0.2) is 5.65 Å². The molecule has 2 aromatic carbocycles. The molecule has 5 aromatic rings. The van der Waals surface area contributed by atoms with E-state index >= 15 is 0 Å². The number of hydrogen-bond acceptors (Lipinski definition) is 8. The Bertz CT molecular complexity index is 1430. The van der Waals surface area contributed by atoms with Crippen molar-refractivity contribution in [2.45, 2.75) is 25.9 Å². The lowest BCUT2D eigenvalue weighted by Gasteiger charge is -2.20.